The van der Waals surface area contributed by atoms with Crippen molar-refractivity contribution in [2.45, 2.75) is 25.3 Å². The normalized spacial score (nSPS) is 17.3. The summed E-state index contributed by atoms with van der Waals surface area (Å²) in [4.78, 5) is 19.7. The van der Waals surface area contributed by atoms with Crippen molar-refractivity contribution in [2.75, 3.05) is 6.54 Å². The van der Waals surface area contributed by atoms with Gasteiger partial charge in [-0.25, -0.2) is 9.37 Å². The van der Waals surface area contributed by atoms with Gasteiger partial charge in [0.2, 0.25) is 0 Å². The molecule has 0 spiro atoms. The molecule has 3 aromatic rings. The number of carbonyl (C=O) groups excluding carboxylic acids is 1. The fraction of sp³-hybridized carbons (Fsp3) is 0.238. The number of carbonyl (C=O) groups is 1. The Hall–Kier alpha value is -2.53. The maximum absolute atomic E-state index is 14.3. The van der Waals surface area contributed by atoms with Crippen LogP contribution in [-0.4, -0.2) is 22.3 Å². The standard InChI is InChI=1S/C21H19FN2OS/c22-18-10-4-3-8-16(18)15-7-1-2-9-17(15)21(25)24-13-6-5-11-19(24)20-23-12-14-26-20/h1-4,7-10,12,14,19H,5-6,11,13H2/t19-/m1/s1. The van der Waals surface area contributed by atoms with Gasteiger partial charge in [-0.05, 0) is 37.0 Å². The molecule has 5 heteroatoms. The van der Waals surface area contributed by atoms with Crippen molar-refractivity contribution >= 4 is 17.2 Å². The summed E-state index contributed by atoms with van der Waals surface area (Å²) in [6, 6.07) is 13.9. The quantitative estimate of drug-likeness (QED) is 0.629. The largest absolute Gasteiger partial charge is 0.329 e. The molecule has 4 rings (SSSR count). The molecule has 1 fully saturated rings. The van der Waals surface area contributed by atoms with E-state index >= 15 is 0 Å². The lowest BCUT2D eigenvalue weighted by Gasteiger charge is -2.35. The molecule has 0 aliphatic carbocycles. The van der Waals surface area contributed by atoms with Gasteiger partial charge in [-0.1, -0.05) is 36.4 Å². The van der Waals surface area contributed by atoms with Crippen LogP contribution < -0.4 is 0 Å². The third-order valence-corrected chi connectivity index (χ3v) is 5.70. The Morgan fingerprint density at radius 3 is 2.62 bits per heavy atom. The number of thiazole rings is 1. The Morgan fingerprint density at radius 1 is 1.08 bits per heavy atom. The smallest absolute Gasteiger partial charge is 0.255 e. The van der Waals surface area contributed by atoms with Gasteiger partial charge in [0.15, 0.2) is 0 Å². The third-order valence-electron chi connectivity index (χ3n) is 4.82. The number of hydrogen-bond donors (Lipinski definition) is 0. The number of piperidine rings is 1. The van der Waals surface area contributed by atoms with E-state index in [0.29, 0.717) is 23.2 Å². The Balaban J connectivity index is 1.73. The molecule has 1 atom stereocenters. The molecule has 1 saturated heterocycles. The lowest BCUT2D eigenvalue weighted by Crippen LogP contribution is -2.38. The van der Waals surface area contributed by atoms with Gasteiger partial charge < -0.3 is 4.90 Å². The zero-order chi connectivity index (χ0) is 17.9. The van der Waals surface area contributed by atoms with Crippen LogP contribution in [0.4, 0.5) is 4.39 Å². The van der Waals surface area contributed by atoms with Gasteiger partial charge in [-0.3, -0.25) is 4.79 Å². The first-order valence-electron chi connectivity index (χ1n) is 8.80. The number of amides is 1. The molecule has 1 aliphatic heterocycles. The highest BCUT2D eigenvalue weighted by Gasteiger charge is 2.31. The van der Waals surface area contributed by atoms with E-state index in [9.17, 15) is 9.18 Å². The molecule has 2 aromatic carbocycles. The van der Waals surface area contributed by atoms with Crippen molar-refractivity contribution in [2.24, 2.45) is 0 Å². The van der Waals surface area contributed by atoms with Crippen molar-refractivity contribution in [1.82, 2.24) is 9.88 Å². The fourth-order valence-electron chi connectivity index (χ4n) is 3.57. The zero-order valence-corrected chi connectivity index (χ0v) is 15.1. The average Bonchev–Trinajstić information content (AvgIpc) is 3.23. The Bertz CT molecular complexity index is 910. The first-order valence-corrected chi connectivity index (χ1v) is 9.68. The second kappa shape index (κ2) is 7.38. The highest BCUT2D eigenvalue weighted by Crippen LogP contribution is 2.35. The summed E-state index contributed by atoms with van der Waals surface area (Å²) in [5, 5.41) is 2.92. The predicted octanol–water partition coefficient (Wildman–Crippen LogP) is 5.32. The van der Waals surface area contributed by atoms with E-state index in [1.54, 1.807) is 41.8 Å². The molecule has 132 valence electrons. The molecule has 26 heavy (non-hydrogen) atoms. The Labute approximate surface area is 156 Å². The van der Waals surface area contributed by atoms with Crippen LogP contribution in [0.2, 0.25) is 0 Å². The van der Waals surface area contributed by atoms with E-state index < -0.39 is 0 Å². The third kappa shape index (κ3) is 3.15. The molecule has 0 radical (unpaired) electrons. The van der Waals surface area contributed by atoms with Crippen molar-refractivity contribution < 1.29 is 9.18 Å². The SMILES string of the molecule is O=C(c1ccccc1-c1ccccc1F)N1CCCC[C@@H]1c1nccs1. The zero-order valence-electron chi connectivity index (χ0n) is 14.3. The number of halogens is 1. The van der Waals surface area contributed by atoms with Gasteiger partial charge in [0, 0.05) is 29.2 Å². The van der Waals surface area contributed by atoms with E-state index in [4.69, 9.17) is 0 Å². The van der Waals surface area contributed by atoms with Crippen molar-refractivity contribution in [1.29, 1.82) is 0 Å². The number of rotatable bonds is 3. The number of hydrogen-bond acceptors (Lipinski definition) is 3. The monoisotopic (exact) mass is 366 g/mol. The molecule has 1 amide bonds. The van der Waals surface area contributed by atoms with Gasteiger partial charge in [-0.2, -0.15) is 0 Å². The second-order valence-electron chi connectivity index (χ2n) is 6.41. The minimum Gasteiger partial charge on any atom is -0.329 e. The summed E-state index contributed by atoms with van der Waals surface area (Å²) in [6.45, 7) is 0.703. The molecular weight excluding hydrogens is 347 g/mol. The summed E-state index contributed by atoms with van der Waals surface area (Å²) in [6.07, 6.45) is 4.77. The van der Waals surface area contributed by atoms with E-state index in [1.165, 1.54) is 6.07 Å². The molecule has 0 N–H and O–H groups in total. The van der Waals surface area contributed by atoms with Crippen LogP contribution in [0, 0.1) is 5.82 Å². The highest BCUT2D eigenvalue weighted by molar-refractivity contribution is 7.09. The van der Waals surface area contributed by atoms with E-state index in [1.807, 2.05) is 28.5 Å². The number of aromatic nitrogens is 1. The highest BCUT2D eigenvalue weighted by atomic mass is 32.1. The topological polar surface area (TPSA) is 33.2 Å². The van der Waals surface area contributed by atoms with Crippen molar-refractivity contribution in [3.8, 4) is 11.1 Å². The summed E-state index contributed by atoms with van der Waals surface area (Å²) in [5.74, 6) is -0.369. The van der Waals surface area contributed by atoms with Crippen LogP contribution in [0.3, 0.4) is 0 Å². The summed E-state index contributed by atoms with van der Waals surface area (Å²) in [5.41, 5.74) is 1.64. The van der Waals surface area contributed by atoms with Crippen LogP contribution in [-0.2, 0) is 0 Å². The maximum Gasteiger partial charge on any atom is 0.255 e. The van der Waals surface area contributed by atoms with Gasteiger partial charge in [-0.15, -0.1) is 11.3 Å². The summed E-state index contributed by atoms with van der Waals surface area (Å²) < 4.78 is 14.3. The van der Waals surface area contributed by atoms with Crippen LogP contribution in [0.15, 0.2) is 60.1 Å². The second-order valence-corrected chi connectivity index (χ2v) is 7.33. The van der Waals surface area contributed by atoms with Crippen LogP contribution in [0.1, 0.15) is 40.7 Å². The van der Waals surface area contributed by atoms with E-state index in [0.717, 1.165) is 24.3 Å². The number of likely N-dealkylation sites (tertiary alicyclic amines) is 1. The van der Waals surface area contributed by atoms with Gasteiger partial charge in [0.05, 0.1) is 6.04 Å². The van der Waals surface area contributed by atoms with Gasteiger partial charge in [0.25, 0.3) is 5.91 Å². The lowest BCUT2D eigenvalue weighted by atomic mass is 9.96. The average molecular weight is 366 g/mol. The lowest BCUT2D eigenvalue weighted by molar-refractivity contribution is 0.0612. The predicted molar refractivity (Wildman–Crippen MR) is 102 cm³/mol. The van der Waals surface area contributed by atoms with Crippen molar-refractivity contribution in [3.63, 3.8) is 0 Å². The molecular formula is C21H19FN2OS. The van der Waals surface area contributed by atoms with E-state index in [-0.39, 0.29) is 17.8 Å². The molecule has 0 bridgehead atoms. The Kier molecular flexibility index (Phi) is 4.80. The van der Waals surface area contributed by atoms with Crippen molar-refractivity contribution in [3.05, 3.63) is 76.5 Å². The minimum absolute atomic E-state index is 0.00456. The summed E-state index contributed by atoms with van der Waals surface area (Å²) >= 11 is 1.58. The van der Waals surface area contributed by atoms with Gasteiger partial charge in [0.1, 0.15) is 10.8 Å². The first kappa shape index (κ1) is 16.9. The van der Waals surface area contributed by atoms with Gasteiger partial charge >= 0.3 is 0 Å². The maximum atomic E-state index is 14.3. The Morgan fingerprint density at radius 2 is 1.85 bits per heavy atom. The minimum atomic E-state index is -0.317. The van der Waals surface area contributed by atoms with Crippen LogP contribution in [0.25, 0.3) is 11.1 Å². The molecule has 2 heterocycles. The fourth-order valence-corrected chi connectivity index (χ4v) is 4.35. The molecule has 1 aliphatic rings. The molecule has 0 unspecified atom stereocenters. The van der Waals surface area contributed by atoms with Crippen LogP contribution in [0.5, 0.6) is 0 Å². The number of benzene rings is 2. The van der Waals surface area contributed by atoms with Crippen LogP contribution >= 0.6 is 11.3 Å². The first-order chi connectivity index (χ1) is 12.8. The molecule has 0 saturated carbocycles. The molecule has 3 nitrogen and oxygen atoms in total. The van der Waals surface area contributed by atoms with E-state index in [2.05, 4.69) is 4.98 Å². The number of nitrogens with zero attached hydrogens (tertiary/aromatic N) is 2. The molecule has 1 aromatic heterocycles. The summed E-state index contributed by atoms with van der Waals surface area (Å²) in [7, 11) is 0.